The van der Waals surface area contributed by atoms with Gasteiger partial charge >= 0.3 is 0 Å². The number of amides is 1. The van der Waals surface area contributed by atoms with E-state index in [2.05, 4.69) is 4.90 Å². The summed E-state index contributed by atoms with van der Waals surface area (Å²) in [7, 11) is 6.83. The van der Waals surface area contributed by atoms with E-state index in [1.165, 1.54) is 0 Å². The summed E-state index contributed by atoms with van der Waals surface area (Å²) in [4.78, 5) is 42.4. The highest BCUT2D eigenvalue weighted by Crippen LogP contribution is 2.34. The van der Waals surface area contributed by atoms with Crippen molar-refractivity contribution < 1.29 is 29.2 Å². The van der Waals surface area contributed by atoms with Crippen LogP contribution >= 0.6 is 0 Å². The summed E-state index contributed by atoms with van der Waals surface area (Å²) in [6, 6.07) is 0. The second-order valence-corrected chi connectivity index (χ2v) is 10.5. The molecule has 2 aliphatic heterocycles. The minimum atomic E-state index is -0.126. The molecule has 2 aromatic rings. The van der Waals surface area contributed by atoms with Crippen LogP contribution < -0.4 is 19.6 Å². The van der Waals surface area contributed by atoms with Crippen molar-refractivity contribution in [1.29, 1.82) is 0 Å². The molecule has 0 unspecified atom stereocenters. The van der Waals surface area contributed by atoms with E-state index >= 15 is 0 Å². The Kier molecular flexibility index (Phi) is 11.7. The summed E-state index contributed by atoms with van der Waals surface area (Å²) >= 11 is 0. The van der Waals surface area contributed by atoms with Crippen LogP contribution in [0.5, 0.6) is 0 Å². The summed E-state index contributed by atoms with van der Waals surface area (Å²) in [5.41, 5.74) is 1.10. The van der Waals surface area contributed by atoms with Crippen molar-refractivity contribution in [3.8, 4) is 0 Å². The molecule has 2 aromatic heterocycles. The number of ether oxygens (including phenoxy) is 3. The highest BCUT2D eigenvalue weighted by molar-refractivity contribution is 5.96. The van der Waals surface area contributed by atoms with Gasteiger partial charge in [-0.25, -0.2) is 9.97 Å². The number of aliphatic hydroxyl groups excluding tert-OH is 2. The molecule has 2 aliphatic rings. The molecule has 0 radical (unpaired) electrons. The van der Waals surface area contributed by atoms with Crippen LogP contribution in [-0.4, -0.2) is 161 Å². The Morgan fingerprint density at radius 2 is 1.29 bits per heavy atom. The van der Waals surface area contributed by atoms with Crippen LogP contribution in [0.2, 0.25) is 0 Å². The molecule has 15 nitrogen and oxygen atoms in total. The maximum Gasteiger partial charge on any atom is 0.241 e. The van der Waals surface area contributed by atoms with Gasteiger partial charge in [-0.2, -0.15) is 9.97 Å². The number of rotatable bonds is 15. The van der Waals surface area contributed by atoms with Crippen LogP contribution in [0.25, 0.3) is 11.0 Å². The minimum Gasteiger partial charge on any atom is -0.395 e. The summed E-state index contributed by atoms with van der Waals surface area (Å²) in [5.74, 6) is 2.02. The van der Waals surface area contributed by atoms with Gasteiger partial charge < -0.3 is 48.9 Å². The quantitative estimate of drug-likeness (QED) is 0.266. The number of carbonyl (C=O) groups excluding carboxylic acids is 1. The van der Waals surface area contributed by atoms with E-state index < -0.39 is 0 Å². The minimum absolute atomic E-state index is 0.0106. The van der Waals surface area contributed by atoms with Gasteiger partial charge in [0.25, 0.3) is 0 Å². The van der Waals surface area contributed by atoms with Gasteiger partial charge in [-0.1, -0.05) is 0 Å². The highest BCUT2D eigenvalue weighted by Gasteiger charge is 2.30. The van der Waals surface area contributed by atoms with Gasteiger partial charge in [-0.15, -0.1) is 0 Å². The predicted molar refractivity (Wildman–Crippen MR) is 160 cm³/mol. The SMILES string of the molecule is COCCN(CCOC)c1nc(N2CCN(C)C(=O)C2)c2nc(N(CCO)CCO)nc(N3CCC(OC)CC3)c2n1. The predicted octanol–water partition coefficient (Wildman–Crippen LogP) is -0.796. The van der Waals surface area contributed by atoms with E-state index in [0.29, 0.717) is 87.0 Å². The Morgan fingerprint density at radius 3 is 1.76 bits per heavy atom. The first kappa shape index (κ1) is 31.8. The molecule has 42 heavy (non-hydrogen) atoms. The molecule has 234 valence electrons. The van der Waals surface area contributed by atoms with Crippen LogP contribution in [0.3, 0.4) is 0 Å². The lowest BCUT2D eigenvalue weighted by molar-refractivity contribution is -0.129. The van der Waals surface area contributed by atoms with Crippen molar-refractivity contribution in [2.45, 2.75) is 18.9 Å². The number of nitrogens with zero attached hydrogens (tertiary/aromatic N) is 9. The number of methoxy groups -OCH3 is 3. The topological polar surface area (TPSA) is 153 Å². The maximum atomic E-state index is 12.8. The van der Waals surface area contributed by atoms with Crippen LogP contribution in [-0.2, 0) is 19.0 Å². The van der Waals surface area contributed by atoms with Gasteiger partial charge in [0.2, 0.25) is 17.8 Å². The number of hydrogen-bond acceptors (Lipinski definition) is 14. The standard InChI is InChI=1S/C27H45N9O6/c1-32-9-10-36(19-21(32)39)25-23-22(28-27(31-25)35(13-17-40-2)14-18-41-3)24(33-7-5-20(42-4)6-8-33)30-26(29-23)34(11-15-37)12-16-38/h20,37-38H,5-19H2,1-4H3. The van der Waals surface area contributed by atoms with Crippen molar-refractivity contribution in [2.75, 3.05) is 133 Å². The van der Waals surface area contributed by atoms with Crippen molar-refractivity contribution in [2.24, 2.45) is 0 Å². The monoisotopic (exact) mass is 591 g/mol. The van der Waals surface area contributed by atoms with Gasteiger partial charge in [0.15, 0.2) is 11.6 Å². The number of piperidine rings is 1. The van der Waals surface area contributed by atoms with E-state index in [-0.39, 0.29) is 44.9 Å². The Labute approximate surface area is 247 Å². The summed E-state index contributed by atoms with van der Waals surface area (Å²) in [6.07, 6.45) is 1.84. The van der Waals surface area contributed by atoms with E-state index in [1.807, 2.05) is 9.80 Å². The van der Waals surface area contributed by atoms with Crippen molar-refractivity contribution in [3.05, 3.63) is 0 Å². The van der Waals surface area contributed by atoms with E-state index in [9.17, 15) is 15.0 Å². The van der Waals surface area contributed by atoms with Gasteiger partial charge in [-0.3, -0.25) is 4.79 Å². The van der Waals surface area contributed by atoms with E-state index in [1.54, 1.807) is 38.2 Å². The fourth-order valence-electron chi connectivity index (χ4n) is 5.20. The highest BCUT2D eigenvalue weighted by atomic mass is 16.5. The Morgan fingerprint density at radius 1 is 0.762 bits per heavy atom. The molecule has 0 saturated carbocycles. The molecule has 4 heterocycles. The third-order valence-electron chi connectivity index (χ3n) is 7.75. The zero-order valence-electron chi connectivity index (χ0n) is 25.2. The number of aromatic nitrogens is 4. The number of fused-ring (bicyclic) bond motifs is 1. The Balaban J connectivity index is 1.93. The average Bonchev–Trinajstić information content (AvgIpc) is 3.01. The lowest BCUT2D eigenvalue weighted by Crippen LogP contribution is -2.49. The molecule has 4 rings (SSSR count). The second kappa shape index (κ2) is 15.4. The fraction of sp³-hybridized carbons (Fsp3) is 0.741. The summed E-state index contributed by atoms with van der Waals surface area (Å²) in [6.45, 7) is 4.98. The molecule has 1 amide bonds. The number of anilines is 4. The second-order valence-electron chi connectivity index (χ2n) is 10.5. The van der Waals surface area contributed by atoms with Crippen LogP contribution in [0.4, 0.5) is 23.5 Å². The molecule has 15 heteroatoms. The molecule has 0 aliphatic carbocycles. The van der Waals surface area contributed by atoms with E-state index in [0.717, 1.165) is 12.8 Å². The number of piperazine rings is 1. The van der Waals surface area contributed by atoms with Gasteiger partial charge in [0, 0.05) is 80.7 Å². The molecule has 2 N–H and O–H groups in total. The molecule has 0 spiro atoms. The van der Waals surface area contributed by atoms with Crippen LogP contribution in [0.1, 0.15) is 12.8 Å². The molecule has 2 saturated heterocycles. The first-order valence-corrected chi connectivity index (χ1v) is 14.5. The summed E-state index contributed by atoms with van der Waals surface area (Å²) in [5, 5.41) is 19.5. The normalized spacial score (nSPS) is 16.5. The van der Waals surface area contributed by atoms with E-state index in [4.69, 9.17) is 34.1 Å². The Bertz CT molecular complexity index is 1150. The lowest BCUT2D eigenvalue weighted by Gasteiger charge is -2.35. The number of likely N-dealkylation sites (N-methyl/N-ethyl adjacent to an activating group) is 1. The molecule has 2 fully saturated rings. The lowest BCUT2D eigenvalue weighted by atomic mass is 10.1. The van der Waals surface area contributed by atoms with Crippen LogP contribution in [0, 0.1) is 0 Å². The fourth-order valence-corrected chi connectivity index (χ4v) is 5.20. The zero-order chi connectivity index (χ0) is 30.1. The Hall–Kier alpha value is -3.11. The molecular formula is C27H45N9O6. The largest absolute Gasteiger partial charge is 0.395 e. The number of aliphatic hydroxyl groups is 2. The van der Waals surface area contributed by atoms with Crippen molar-refractivity contribution >= 4 is 40.5 Å². The molecule has 0 bridgehead atoms. The molecule has 0 atom stereocenters. The molecular weight excluding hydrogens is 546 g/mol. The third kappa shape index (κ3) is 7.45. The number of carbonyl (C=O) groups is 1. The van der Waals surface area contributed by atoms with Crippen LogP contribution in [0.15, 0.2) is 0 Å². The summed E-state index contributed by atoms with van der Waals surface area (Å²) < 4.78 is 16.4. The smallest absolute Gasteiger partial charge is 0.241 e. The van der Waals surface area contributed by atoms with Crippen molar-refractivity contribution in [1.82, 2.24) is 24.8 Å². The maximum absolute atomic E-state index is 12.8. The van der Waals surface area contributed by atoms with Gasteiger partial charge in [-0.05, 0) is 12.8 Å². The molecule has 0 aromatic carbocycles. The average molecular weight is 592 g/mol. The first-order chi connectivity index (χ1) is 20.4. The van der Waals surface area contributed by atoms with Crippen molar-refractivity contribution in [3.63, 3.8) is 0 Å². The van der Waals surface area contributed by atoms with Gasteiger partial charge in [0.05, 0.1) is 39.1 Å². The first-order valence-electron chi connectivity index (χ1n) is 14.5. The zero-order valence-corrected chi connectivity index (χ0v) is 25.2. The van der Waals surface area contributed by atoms with Gasteiger partial charge in [0.1, 0.15) is 11.0 Å². The third-order valence-corrected chi connectivity index (χ3v) is 7.75. The number of hydrogen-bond donors (Lipinski definition) is 2.